The van der Waals surface area contributed by atoms with Crippen LogP contribution < -0.4 is 4.74 Å². The maximum atomic E-state index is 13.7. The molecule has 1 aliphatic heterocycles. The first-order chi connectivity index (χ1) is 16.5. The Bertz CT molecular complexity index is 1250. The Labute approximate surface area is 190 Å². The molecule has 0 aromatic carbocycles. The van der Waals surface area contributed by atoms with Crippen molar-refractivity contribution in [1.82, 2.24) is 29.9 Å². The van der Waals surface area contributed by atoms with Gasteiger partial charge in [-0.1, -0.05) is 0 Å². The molecule has 1 saturated heterocycles. The maximum absolute atomic E-state index is 13.7. The van der Waals surface area contributed by atoms with Crippen LogP contribution in [-0.2, 0) is 6.18 Å². The highest BCUT2D eigenvalue weighted by Crippen LogP contribution is 2.44. The van der Waals surface area contributed by atoms with Gasteiger partial charge in [-0.3, -0.25) is 4.79 Å². The number of fused-ring (bicyclic) bond motifs is 2. The second-order valence-corrected chi connectivity index (χ2v) is 8.15. The third-order valence-electron chi connectivity index (χ3n) is 5.99. The molecule has 0 spiro atoms. The van der Waals surface area contributed by atoms with Crippen molar-refractivity contribution in [2.45, 2.75) is 51.0 Å². The predicted molar refractivity (Wildman–Crippen MR) is 110 cm³/mol. The van der Waals surface area contributed by atoms with Gasteiger partial charge in [0.2, 0.25) is 5.88 Å². The molecule has 2 bridgehead atoms. The van der Waals surface area contributed by atoms with Crippen molar-refractivity contribution >= 4 is 5.91 Å². The Morgan fingerprint density at radius 1 is 1.21 bits per heavy atom. The molecule has 2 aliphatic rings. The SMILES string of the molecule is [2H]C1([2H])C2CC(C1Oc1ccc(C(F)(F)F)cn1)N(C(=O)c1ncc(C)cc1-n1nccn1)C2C. The van der Waals surface area contributed by atoms with E-state index in [0.29, 0.717) is 18.3 Å². The monoisotopic (exact) mass is 460 g/mol. The van der Waals surface area contributed by atoms with E-state index in [1.54, 1.807) is 24.1 Å². The van der Waals surface area contributed by atoms with Gasteiger partial charge in [-0.25, -0.2) is 9.97 Å². The molecule has 1 saturated carbocycles. The zero-order valence-corrected chi connectivity index (χ0v) is 17.7. The van der Waals surface area contributed by atoms with Crippen molar-refractivity contribution in [1.29, 1.82) is 0 Å². The van der Waals surface area contributed by atoms with Gasteiger partial charge >= 0.3 is 6.18 Å². The number of carbonyl (C=O) groups excluding carboxylic acids is 1. The van der Waals surface area contributed by atoms with E-state index in [2.05, 4.69) is 20.2 Å². The smallest absolute Gasteiger partial charge is 0.417 e. The van der Waals surface area contributed by atoms with Crippen molar-refractivity contribution in [3.8, 4) is 11.6 Å². The summed E-state index contributed by atoms with van der Waals surface area (Å²) in [4.78, 5) is 24.6. The fourth-order valence-corrected chi connectivity index (χ4v) is 4.39. The summed E-state index contributed by atoms with van der Waals surface area (Å²) in [5.41, 5.74) is 0.366. The molecule has 4 unspecified atom stereocenters. The Kier molecular flexibility index (Phi) is 4.51. The molecule has 4 heterocycles. The van der Waals surface area contributed by atoms with Crippen molar-refractivity contribution in [2.75, 3.05) is 0 Å². The fourth-order valence-electron chi connectivity index (χ4n) is 4.39. The summed E-state index contributed by atoms with van der Waals surface area (Å²) in [6, 6.07) is 2.51. The lowest BCUT2D eigenvalue weighted by Gasteiger charge is -2.37. The van der Waals surface area contributed by atoms with Crippen LogP contribution in [0.15, 0.2) is 43.0 Å². The third kappa shape index (κ3) is 3.81. The lowest BCUT2D eigenvalue weighted by molar-refractivity contribution is -0.137. The van der Waals surface area contributed by atoms with Crippen LogP contribution >= 0.6 is 0 Å². The van der Waals surface area contributed by atoms with Crippen molar-refractivity contribution < 1.29 is 25.4 Å². The molecule has 5 rings (SSSR count). The number of alkyl halides is 3. The minimum atomic E-state index is -4.55. The molecule has 0 N–H and O–H groups in total. The molecule has 1 aliphatic carbocycles. The Morgan fingerprint density at radius 2 is 1.97 bits per heavy atom. The van der Waals surface area contributed by atoms with Gasteiger partial charge in [0.15, 0.2) is 5.69 Å². The van der Waals surface area contributed by atoms with Crippen LogP contribution in [0.5, 0.6) is 5.88 Å². The van der Waals surface area contributed by atoms with Crippen LogP contribution in [0.3, 0.4) is 0 Å². The summed E-state index contributed by atoms with van der Waals surface area (Å²) in [6.07, 6.45) is -1.99. The molecule has 2 fully saturated rings. The van der Waals surface area contributed by atoms with Crippen LogP contribution in [0.2, 0.25) is 0 Å². The van der Waals surface area contributed by atoms with E-state index in [9.17, 15) is 18.0 Å². The topological polar surface area (TPSA) is 86.0 Å². The minimum Gasteiger partial charge on any atom is -0.472 e. The number of hydrogen-bond donors (Lipinski definition) is 0. The number of aromatic nitrogens is 5. The number of amides is 1. The molecule has 3 aromatic rings. The van der Waals surface area contributed by atoms with Crippen molar-refractivity contribution in [3.63, 3.8) is 0 Å². The first kappa shape index (κ1) is 19.0. The minimum absolute atomic E-state index is 0.109. The number of hydrogen-bond acceptors (Lipinski definition) is 6. The summed E-state index contributed by atoms with van der Waals surface area (Å²) < 4.78 is 61.7. The Hall–Kier alpha value is -3.50. The molecule has 1 amide bonds. The van der Waals surface area contributed by atoms with Crippen LogP contribution in [0, 0.1) is 12.8 Å². The quantitative estimate of drug-likeness (QED) is 0.593. The standard InChI is InChI=1S/C22H21F3N6O2/c1-12-7-17(31-28-5-6-29-31)20(27-10-12)21(32)30-13(2)14-8-16(30)18(9-14)33-19-4-3-15(11-26-19)22(23,24)25/h3-7,10-11,13-14,16,18H,8-9H2,1-2H3/i9D2. The normalized spacial score (nSPS) is 26.8. The fraction of sp³-hybridized carbons (Fsp3) is 0.409. The molecule has 0 radical (unpaired) electrons. The van der Waals surface area contributed by atoms with Crippen molar-refractivity contribution in [3.05, 3.63) is 59.8 Å². The highest BCUT2D eigenvalue weighted by molar-refractivity contribution is 5.96. The molecular formula is C22H21F3N6O2. The largest absolute Gasteiger partial charge is 0.472 e. The van der Waals surface area contributed by atoms with Gasteiger partial charge in [-0.15, -0.1) is 4.80 Å². The second-order valence-electron chi connectivity index (χ2n) is 8.15. The first-order valence-corrected chi connectivity index (χ1v) is 10.3. The number of ether oxygens (including phenoxy) is 1. The van der Waals surface area contributed by atoms with Gasteiger partial charge in [0.1, 0.15) is 11.8 Å². The summed E-state index contributed by atoms with van der Waals surface area (Å²) in [5.74, 6) is -1.11. The van der Waals surface area contributed by atoms with Gasteiger partial charge in [0.25, 0.3) is 5.91 Å². The number of nitrogens with zero attached hydrogens (tertiary/aromatic N) is 6. The van der Waals surface area contributed by atoms with Crippen LogP contribution in [0.4, 0.5) is 13.2 Å². The molecule has 172 valence electrons. The highest BCUT2D eigenvalue weighted by atomic mass is 19.4. The van der Waals surface area contributed by atoms with Crippen LogP contribution in [0.1, 0.15) is 44.1 Å². The first-order valence-electron chi connectivity index (χ1n) is 11.3. The summed E-state index contributed by atoms with van der Waals surface area (Å²) in [7, 11) is 0. The van der Waals surface area contributed by atoms with E-state index in [1.165, 1.54) is 17.2 Å². The Morgan fingerprint density at radius 3 is 2.61 bits per heavy atom. The van der Waals surface area contributed by atoms with Crippen LogP contribution in [-0.4, -0.2) is 54.0 Å². The lowest BCUT2D eigenvalue weighted by Crippen LogP contribution is -2.51. The molecule has 8 nitrogen and oxygen atoms in total. The average molecular weight is 460 g/mol. The van der Waals surface area contributed by atoms with Crippen molar-refractivity contribution in [2.24, 2.45) is 5.92 Å². The van der Waals surface area contributed by atoms with E-state index >= 15 is 0 Å². The molecule has 3 aromatic heterocycles. The lowest BCUT2D eigenvalue weighted by atomic mass is 9.98. The molecular weight excluding hydrogens is 437 g/mol. The summed E-state index contributed by atoms with van der Waals surface area (Å²) in [6.45, 7) is 3.59. The van der Waals surface area contributed by atoms with Gasteiger partial charge in [-0.05, 0) is 50.3 Å². The molecule has 11 heteroatoms. The maximum Gasteiger partial charge on any atom is 0.417 e. The number of likely N-dealkylation sites (tertiary alicyclic amines) is 1. The zero-order chi connectivity index (χ0) is 25.1. The highest BCUT2D eigenvalue weighted by Gasteiger charge is 2.53. The van der Waals surface area contributed by atoms with E-state index in [1.807, 2.05) is 6.92 Å². The number of piperidine rings is 1. The number of aryl methyl sites for hydroxylation is 1. The van der Waals surface area contributed by atoms with Gasteiger partial charge in [-0.2, -0.15) is 23.4 Å². The second kappa shape index (κ2) is 7.82. The molecule has 4 atom stereocenters. The summed E-state index contributed by atoms with van der Waals surface area (Å²) in [5, 5.41) is 8.21. The van der Waals surface area contributed by atoms with E-state index in [0.717, 1.165) is 17.7 Å². The number of pyridine rings is 2. The number of carbonyl (C=O) groups is 1. The van der Waals surface area contributed by atoms with Gasteiger partial charge in [0, 0.05) is 27.2 Å². The van der Waals surface area contributed by atoms with Crippen LogP contribution in [0.25, 0.3) is 5.69 Å². The van der Waals surface area contributed by atoms with E-state index in [4.69, 9.17) is 7.48 Å². The van der Waals surface area contributed by atoms with E-state index in [-0.39, 0.29) is 11.6 Å². The predicted octanol–water partition coefficient (Wildman–Crippen LogP) is 3.46. The van der Waals surface area contributed by atoms with Gasteiger partial charge < -0.3 is 9.64 Å². The zero-order valence-electron chi connectivity index (χ0n) is 19.7. The third-order valence-corrected chi connectivity index (χ3v) is 5.99. The van der Waals surface area contributed by atoms with Gasteiger partial charge in [0.05, 0.1) is 24.0 Å². The van der Waals surface area contributed by atoms with E-state index < -0.39 is 48.1 Å². The average Bonchev–Trinajstić information content (AvgIpc) is 3.50. The number of halogens is 3. The molecule has 33 heavy (non-hydrogen) atoms. The Balaban J connectivity index is 1.46. The number of rotatable bonds is 4. The summed E-state index contributed by atoms with van der Waals surface area (Å²) >= 11 is 0.